The molecule has 5 nitrogen and oxygen atoms in total. The van der Waals surface area contributed by atoms with Crippen LogP contribution in [0.15, 0.2) is 22.9 Å². The number of aryl methyl sites for hydroxylation is 1. The first-order chi connectivity index (χ1) is 8.36. The molecule has 2 rings (SSSR count). The second-order valence-corrected chi connectivity index (χ2v) is 3.46. The third-order valence-electron chi connectivity index (χ3n) is 2.37. The maximum absolute atomic E-state index is 8.58. The zero-order valence-corrected chi connectivity index (χ0v) is 9.47. The molecular weight excluding hydrogens is 220 g/mol. The topological polar surface area (TPSA) is 68.3 Å². The number of hydrogen-bond acceptors (Lipinski definition) is 5. The molecular formula is C12H12N2O3. The number of benzene rings is 1. The maximum Gasteiger partial charge on any atom is 0.188 e. The van der Waals surface area contributed by atoms with E-state index < -0.39 is 0 Å². The van der Waals surface area contributed by atoms with E-state index in [9.17, 15) is 0 Å². The molecule has 1 aromatic heterocycles. The van der Waals surface area contributed by atoms with Gasteiger partial charge in [0.05, 0.1) is 6.07 Å². The number of nitriles is 1. The quantitative estimate of drug-likeness (QED) is 0.739. The van der Waals surface area contributed by atoms with Crippen LogP contribution in [0.4, 0.5) is 0 Å². The van der Waals surface area contributed by atoms with Crippen molar-refractivity contribution in [1.82, 2.24) is 4.98 Å². The molecule has 0 saturated heterocycles. The molecule has 0 radical (unpaired) electrons. The summed E-state index contributed by atoms with van der Waals surface area (Å²) in [7, 11) is 1.56. The average Bonchev–Trinajstić information content (AvgIpc) is 2.83. The normalized spacial score (nSPS) is 10.4. The Hall–Kier alpha value is -2.06. The summed E-state index contributed by atoms with van der Waals surface area (Å²) in [6, 6.07) is 5.81. The van der Waals surface area contributed by atoms with Crippen LogP contribution in [-0.4, -0.2) is 18.9 Å². The number of aromatic nitrogens is 1. The molecule has 5 heteroatoms. The van der Waals surface area contributed by atoms with Gasteiger partial charge in [0, 0.05) is 13.5 Å². The number of fused-ring (bicyclic) bond motifs is 1. The number of nitrogens with zero attached hydrogens (tertiary/aromatic N) is 2. The summed E-state index contributed by atoms with van der Waals surface area (Å²) in [5, 5.41) is 8.58. The Bertz CT molecular complexity index is 542. The zero-order valence-electron chi connectivity index (χ0n) is 9.47. The summed E-state index contributed by atoms with van der Waals surface area (Å²) >= 11 is 0. The molecule has 0 aliphatic carbocycles. The number of rotatable bonds is 5. The van der Waals surface area contributed by atoms with Crippen molar-refractivity contribution in [1.29, 1.82) is 5.26 Å². The second-order valence-electron chi connectivity index (χ2n) is 3.46. The first kappa shape index (κ1) is 11.4. The summed E-state index contributed by atoms with van der Waals surface area (Å²) < 4.78 is 15.5. The molecule has 0 N–H and O–H groups in total. The monoisotopic (exact) mass is 232 g/mol. The van der Waals surface area contributed by atoms with Gasteiger partial charge < -0.3 is 13.9 Å². The zero-order chi connectivity index (χ0) is 12.1. The molecule has 0 aliphatic heterocycles. The lowest BCUT2D eigenvalue weighted by atomic mass is 10.1. The van der Waals surface area contributed by atoms with Crippen molar-refractivity contribution in [3.63, 3.8) is 0 Å². The van der Waals surface area contributed by atoms with Crippen molar-refractivity contribution in [3.8, 4) is 11.8 Å². The van der Waals surface area contributed by atoms with Gasteiger partial charge in [0.2, 0.25) is 0 Å². The first-order valence-electron chi connectivity index (χ1n) is 5.20. The summed E-state index contributed by atoms with van der Waals surface area (Å²) in [6.07, 6.45) is 2.47. The van der Waals surface area contributed by atoms with Crippen molar-refractivity contribution in [2.24, 2.45) is 0 Å². The molecule has 1 heterocycles. The molecule has 2 aromatic rings. The predicted molar refractivity (Wildman–Crippen MR) is 60.4 cm³/mol. The highest BCUT2D eigenvalue weighted by Gasteiger charge is 2.11. The van der Waals surface area contributed by atoms with Gasteiger partial charge in [0.1, 0.15) is 0 Å². The van der Waals surface area contributed by atoms with E-state index >= 15 is 0 Å². The van der Waals surface area contributed by atoms with Gasteiger partial charge in [-0.25, -0.2) is 4.98 Å². The highest BCUT2D eigenvalue weighted by atomic mass is 16.7. The minimum absolute atomic E-state index is 0.166. The van der Waals surface area contributed by atoms with Gasteiger partial charge >= 0.3 is 0 Å². The smallest absolute Gasteiger partial charge is 0.188 e. The van der Waals surface area contributed by atoms with Crippen LogP contribution in [0, 0.1) is 11.3 Å². The van der Waals surface area contributed by atoms with Crippen LogP contribution in [0.2, 0.25) is 0 Å². The van der Waals surface area contributed by atoms with E-state index in [-0.39, 0.29) is 6.79 Å². The second kappa shape index (κ2) is 5.32. The largest absolute Gasteiger partial charge is 0.465 e. The lowest BCUT2D eigenvalue weighted by molar-refractivity contribution is 0.0521. The van der Waals surface area contributed by atoms with Gasteiger partial charge in [0.25, 0.3) is 0 Å². The van der Waals surface area contributed by atoms with Crippen molar-refractivity contribution in [2.45, 2.75) is 12.8 Å². The molecule has 0 amide bonds. The van der Waals surface area contributed by atoms with Crippen LogP contribution in [0.3, 0.4) is 0 Å². The van der Waals surface area contributed by atoms with E-state index in [0.717, 1.165) is 5.56 Å². The molecule has 88 valence electrons. The van der Waals surface area contributed by atoms with E-state index in [4.69, 9.17) is 19.2 Å². The van der Waals surface area contributed by atoms with Crippen LogP contribution in [0.25, 0.3) is 11.1 Å². The molecule has 0 bridgehead atoms. The van der Waals surface area contributed by atoms with E-state index in [2.05, 4.69) is 11.1 Å². The Labute approximate surface area is 98.6 Å². The minimum Gasteiger partial charge on any atom is -0.465 e. The molecule has 0 fully saturated rings. The Morgan fingerprint density at radius 3 is 3.12 bits per heavy atom. The Morgan fingerprint density at radius 1 is 1.47 bits per heavy atom. The van der Waals surface area contributed by atoms with E-state index in [0.29, 0.717) is 29.7 Å². The van der Waals surface area contributed by atoms with Crippen molar-refractivity contribution < 1.29 is 13.9 Å². The molecule has 17 heavy (non-hydrogen) atoms. The fourth-order valence-electron chi connectivity index (χ4n) is 1.61. The van der Waals surface area contributed by atoms with Crippen LogP contribution < -0.4 is 4.74 Å². The lowest BCUT2D eigenvalue weighted by Crippen LogP contribution is -1.99. The van der Waals surface area contributed by atoms with E-state index in [1.807, 2.05) is 12.1 Å². The first-order valence-corrected chi connectivity index (χ1v) is 5.20. The molecule has 0 aliphatic rings. The minimum atomic E-state index is 0.166. The van der Waals surface area contributed by atoms with Gasteiger partial charge in [-0.3, -0.25) is 0 Å². The summed E-state index contributed by atoms with van der Waals surface area (Å²) in [4.78, 5) is 4.11. The lowest BCUT2D eigenvalue weighted by Gasteiger charge is -2.06. The van der Waals surface area contributed by atoms with Crippen LogP contribution in [0.1, 0.15) is 12.0 Å². The van der Waals surface area contributed by atoms with Crippen molar-refractivity contribution in [3.05, 3.63) is 24.1 Å². The third kappa shape index (κ3) is 2.37. The molecule has 0 atom stereocenters. The fraction of sp³-hybridized carbons (Fsp3) is 0.333. The van der Waals surface area contributed by atoms with Crippen LogP contribution >= 0.6 is 0 Å². The Balaban J connectivity index is 2.33. The third-order valence-corrected chi connectivity index (χ3v) is 2.37. The number of hydrogen-bond donors (Lipinski definition) is 0. The number of methoxy groups -OCH3 is 1. The number of oxazole rings is 1. The van der Waals surface area contributed by atoms with Crippen molar-refractivity contribution in [2.75, 3.05) is 13.9 Å². The van der Waals surface area contributed by atoms with Gasteiger partial charge in [-0.2, -0.15) is 5.26 Å². The fourth-order valence-corrected chi connectivity index (χ4v) is 1.61. The highest BCUT2D eigenvalue weighted by Crippen LogP contribution is 2.28. The molecule has 0 unspecified atom stereocenters. The average molecular weight is 232 g/mol. The van der Waals surface area contributed by atoms with Crippen molar-refractivity contribution >= 4 is 11.1 Å². The SMILES string of the molecule is COCOc1ccc(CCC#N)c2ocnc12. The summed E-state index contributed by atoms with van der Waals surface area (Å²) in [5.74, 6) is 0.622. The van der Waals surface area contributed by atoms with Crippen LogP contribution in [0.5, 0.6) is 5.75 Å². The summed E-state index contributed by atoms with van der Waals surface area (Å²) in [6.45, 7) is 0.166. The standard InChI is InChI=1S/C12H12N2O3/c1-15-8-17-10-5-4-9(3-2-6-13)12-11(10)14-7-16-12/h4-5,7H,2-3,8H2,1H3. The summed E-state index contributed by atoms with van der Waals surface area (Å²) in [5.41, 5.74) is 2.30. The maximum atomic E-state index is 8.58. The highest BCUT2D eigenvalue weighted by molar-refractivity contribution is 5.82. The Kier molecular flexibility index (Phi) is 3.58. The number of ether oxygens (including phenoxy) is 2. The van der Waals surface area contributed by atoms with Gasteiger partial charge in [-0.05, 0) is 18.1 Å². The van der Waals surface area contributed by atoms with E-state index in [1.165, 1.54) is 6.39 Å². The molecule has 0 saturated carbocycles. The predicted octanol–water partition coefficient (Wildman–Crippen LogP) is 2.27. The molecule has 0 spiro atoms. The Morgan fingerprint density at radius 2 is 2.35 bits per heavy atom. The van der Waals surface area contributed by atoms with Gasteiger partial charge in [-0.1, -0.05) is 6.07 Å². The molecule has 1 aromatic carbocycles. The van der Waals surface area contributed by atoms with Gasteiger partial charge in [-0.15, -0.1) is 0 Å². The van der Waals surface area contributed by atoms with E-state index in [1.54, 1.807) is 7.11 Å². The van der Waals surface area contributed by atoms with Crippen LogP contribution in [-0.2, 0) is 11.2 Å². The van der Waals surface area contributed by atoms with Gasteiger partial charge in [0.15, 0.2) is 30.0 Å².